The van der Waals surface area contributed by atoms with Crippen LogP contribution in [0.3, 0.4) is 0 Å². The van der Waals surface area contributed by atoms with Gasteiger partial charge in [0.1, 0.15) is 5.76 Å². The highest BCUT2D eigenvalue weighted by atomic mass is 16.4. The van der Waals surface area contributed by atoms with Crippen LogP contribution in [0.15, 0.2) is 40.8 Å². The van der Waals surface area contributed by atoms with Crippen LogP contribution >= 0.6 is 0 Å². The number of nitrogens with zero attached hydrogens (tertiary/aromatic N) is 1. The van der Waals surface area contributed by atoms with Gasteiger partial charge in [0.05, 0.1) is 0 Å². The molecule has 1 fully saturated rings. The van der Waals surface area contributed by atoms with E-state index < -0.39 is 0 Å². The van der Waals surface area contributed by atoms with Crippen LogP contribution in [0.2, 0.25) is 0 Å². The van der Waals surface area contributed by atoms with E-state index in [1.165, 1.54) is 5.56 Å². The lowest BCUT2D eigenvalue weighted by Gasteiger charge is -2.26. The van der Waals surface area contributed by atoms with Gasteiger partial charge in [0.15, 0.2) is 5.76 Å². The Labute approximate surface area is 118 Å². The van der Waals surface area contributed by atoms with Crippen molar-refractivity contribution in [2.45, 2.75) is 6.92 Å². The predicted octanol–water partition coefficient (Wildman–Crippen LogP) is 2.30. The SMILES string of the molecule is Cc1ccc(-c2ccc(C(=O)N3CCNCC3)o2)cc1. The van der Waals surface area contributed by atoms with Gasteiger partial charge >= 0.3 is 0 Å². The van der Waals surface area contributed by atoms with Crippen molar-refractivity contribution in [3.8, 4) is 11.3 Å². The summed E-state index contributed by atoms with van der Waals surface area (Å²) in [6, 6.07) is 11.7. The maximum absolute atomic E-state index is 12.3. The van der Waals surface area contributed by atoms with Crippen molar-refractivity contribution in [1.29, 1.82) is 0 Å². The molecule has 20 heavy (non-hydrogen) atoms. The fraction of sp³-hybridized carbons (Fsp3) is 0.312. The van der Waals surface area contributed by atoms with Crippen LogP contribution in [-0.2, 0) is 0 Å². The molecule has 0 saturated carbocycles. The summed E-state index contributed by atoms with van der Waals surface area (Å²) >= 11 is 0. The first kappa shape index (κ1) is 12.9. The first-order chi connectivity index (χ1) is 9.74. The zero-order valence-electron chi connectivity index (χ0n) is 11.6. The summed E-state index contributed by atoms with van der Waals surface area (Å²) in [6.07, 6.45) is 0. The number of rotatable bonds is 2. The number of piperazine rings is 1. The van der Waals surface area contributed by atoms with Crippen molar-refractivity contribution in [3.63, 3.8) is 0 Å². The molecule has 104 valence electrons. The maximum atomic E-state index is 12.3. The summed E-state index contributed by atoms with van der Waals surface area (Å²) in [5.41, 5.74) is 2.20. The molecule has 1 aliphatic rings. The van der Waals surface area contributed by atoms with Crippen molar-refractivity contribution in [3.05, 3.63) is 47.7 Å². The van der Waals surface area contributed by atoms with E-state index in [4.69, 9.17) is 4.42 Å². The minimum Gasteiger partial charge on any atom is -0.451 e. The second-order valence-corrected chi connectivity index (χ2v) is 5.07. The number of carbonyl (C=O) groups is 1. The molecule has 2 heterocycles. The van der Waals surface area contributed by atoms with E-state index in [-0.39, 0.29) is 5.91 Å². The van der Waals surface area contributed by atoms with Crippen molar-refractivity contribution >= 4 is 5.91 Å². The summed E-state index contributed by atoms with van der Waals surface area (Å²) in [5.74, 6) is 1.14. The van der Waals surface area contributed by atoms with Gasteiger partial charge < -0.3 is 14.6 Å². The molecule has 0 radical (unpaired) electrons. The lowest BCUT2D eigenvalue weighted by molar-refractivity contribution is 0.0704. The molecule has 3 rings (SSSR count). The highest BCUT2D eigenvalue weighted by Crippen LogP contribution is 2.23. The first-order valence-electron chi connectivity index (χ1n) is 6.91. The molecule has 2 aromatic rings. The third-order valence-electron chi connectivity index (χ3n) is 3.56. The number of benzene rings is 1. The summed E-state index contributed by atoms with van der Waals surface area (Å²) in [4.78, 5) is 14.1. The van der Waals surface area contributed by atoms with Crippen LogP contribution in [0.5, 0.6) is 0 Å². The molecule has 1 amide bonds. The van der Waals surface area contributed by atoms with Gasteiger partial charge in [0.25, 0.3) is 5.91 Å². The molecule has 0 bridgehead atoms. The highest BCUT2D eigenvalue weighted by Gasteiger charge is 2.21. The average molecular weight is 270 g/mol. The van der Waals surface area contributed by atoms with Crippen LogP contribution in [0.1, 0.15) is 16.1 Å². The Morgan fingerprint density at radius 1 is 1.10 bits per heavy atom. The van der Waals surface area contributed by atoms with Gasteiger partial charge in [0, 0.05) is 31.7 Å². The monoisotopic (exact) mass is 270 g/mol. The zero-order chi connectivity index (χ0) is 13.9. The normalized spacial score (nSPS) is 15.3. The molecule has 1 N–H and O–H groups in total. The van der Waals surface area contributed by atoms with Crippen molar-refractivity contribution in [2.24, 2.45) is 0 Å². The van der Waals surface area contributed by atoms with Gasteiger partial charge in [-0.2, -0.15) is 0 Å². The van der Waals surface area contributed by atoms with Crippen LogP contribution in [-0.4, -0.2) is 37.0 Å². The summed E-state index contributed by atoms with van der Waals surface area (Å²) < 4.78 is 5.71. The fourth-order valence-corrected chi connectivity index (χ4v) is 2.35. The number of hydrogen-bond donors (Lipinski definition) is 1. The van der Waals surface area contributed by atoms with Gasteiger partial charge in [0.2, 0.25) is 0 Å². The quantitative estimate of drug-likeness (QED) is 0.910. The van der Waals surface area contributed by atoms with Gasteiger partial charge in [-0.05, 0) is 19.1 Å². The molecule has 0 aliphatic carbocycles. The van der Waals surface area contributed by atoms with Crippen molar-refractivity contribution in [2.75, 3.05) is 26.2 Å². The molecule has 0 unspecified atom stereocenters. The molecule has 1 aliphatic heterocycles. The minimum atomic E-state index is -0.0233. The predicted molar refractivity (Wildman–Crippen MR) is 77.7 cm³/mol. The van der Waals surface area contributed by atoms with Crippen molar-refractivity contribution in [1.82, 2.24) is 10.2 Å². The first-order valence-corrected chi connectivity index (χ1v) is 6.91. The molecule has 0 atom stereocenters. The largest absolute Gasteiger partial charge is 0.451 e. The van der Waals surface area contributed by atoms with E-state index in [1.807, 2.05) is 42.2 Å². The summed E-state index contributed by atoms with van der Waals surface area (Å²) in [5, 5.41) is 3.23. The third-order valence-corrected chi connectivity index (χ3v) is 3.56. The molecular formula is C16H18N2O2. The standard InChI is InChI=1S/C16H18N2O2/c1-12-2-4-13(5-3-12)14-6-7-15(20-14)16(19)18-10-8-17-9-11-18/h2-7,17H,8-11H2,1H3. The Morgan fingerprint density at radius 2 is 1.80 bits per heavy atom. The summed E-state index contributed by atoms with van der Waals surface area (Å²) in [6.45, 7) is 5.21. The number of aryl methyl sites for hydroxylation is 1. The Bertz CT molecular complexity index is 595. The molecule has 1 saturated heterocycles. The Morgan fingerprint density at radius 3 is 2.50 bits per heavy atom. The average Bonchev–Trinajstić information content (AvgIpc) is 2.98. The number of furan rings is 1. The Hall–Kier alpha value is -2.07. The van der Waals surface area contributed by atoms with Crippen LogP contribution in [0.4, 0.5) is 0 Å². The molecule has 0 spiro atoms. The van der Waals surface area contributed by atoms with Gasteiger partial charge in [-0.1, -0.05) is 29.8 Å². The second-order valence-electron chi connectivity index (χ2n) is 5.07. The van der Waals surface area contributed by atoms with Crippen LogP contribution in [0.25, 0.3) is 11.3 Å². The number of nitrogens with one attached hydrogen (secondary N) is 1. The topological polar surface area (TPSA) is 45.5 Å². The van der Waals surface area contributed by atoms with E-state index in [1.54, 1.807) is 6.07 Å². The van der Waals surface area contributed by atoms with Gasteiger partial charge in [-0.3, -0.25) is 4.79 Å². The Balaban J connectivity index is 1.79. The lowest BCUT2D eigenvalue weighted by atomic mass is 10.1. The van der Waals surface area contributed by atoms with Gasteiger partial charge in [-0.15, -0.1) is 0 Å². The van der Waals surface area contributed by atoms with E-state index in [9.17, 15) is 4.79 Å². The third kappa shape index (κ3) is 2.60. The molecule has 4 heteroatoms. The van der Waals surface area contributed by atoms with Crippen LogP contribution < -0.4 is 5.32 Å². The van der Waals surface area contributed by atoms with E-state index in [2.05, 4.69) is 5.32 Å². The van der Waals surface area contributed by atoms with E-state index >= 15 is 0 Å². The fourth-order valence-electron chi connectivity index (χ4n) is 2.35. The summed E-state index contributed by atoms with van der Waals surface area (Å²) in [7, 11) is 0. The minimum absolute atomic E-state index is 0.0233. The van der Waals surface area contributed by atoms with Crippen LogP contribution in [0, 0.1) is 6.92 Å². The molecule has 4 nitrogen and oxygen atoms in total. The van der Waals surface area contributed by atoms with Crippen molar-refractivity contribution < 1.29 is 9.21 Å². The molecule has 1 aromatic carbocycles. The molecular weight excluding hydrogens is 252 g/mol. The van der Waals surface area contributed by atoms with E-state index in [0.29, 0.717) is 5.76 Å². The highest BCUT2D eigenvalue weighted by molar-refractivity contribution is 5.92. The number of carbonyl (C=O) groups excluding carboxylic acids is 1. The Kier molecular flexibility index (Phi) is 3.56. The number of hydrogen-bond acceptors (Lipinski definition) is 3. The molecule has 1 aromatic heterocycles. The second kappa shape index (κ2) is 5.51. The zero-order valence-corrected chi connectivity index (χ0v) is 11.6. The van der Waals surface area contributed by atoms with E-state index in [0.717, 1.165) is 37.5 Å². The lowest BCUT2D eigenvalue weighted by Crippen LogP contribution is -2.46. The number of amides is 1. The maximum Gasteiger partial charge on any atom is 0.289 e. The van der Waals surface area contributed by atoms with Gasteiger partial charge in [-0.25, -0.2) is 0 Å². The smallest absolute Gasteiger partial charge is 0.289 e.